The number of ether oxygens (including phenoxy) is 1. The van der Waals surface area contributed by atoms with Crippen LogP contribution in [0.4, 0.5) is 26.3 Å². The third-order valence-corrected chi connectivity index (χ3v) is 3.10. The second-order valence-corrected chi connectivity index (χ2v) is 5.02. The lowest BCUT2D eigenvalue weighted by atomic mass is 10.3. The highest BCUT2D eigenvalue weighted by molar-refractivity contribution is 7.18. The van der Waals surface area contributed by atoms with E-state index in [1.165, 1.54) is 12.1 Å². The summed E-state index contributed by atoms with van der Waals surface area (Å²) in [6, 6.07) is 2.49. The number of hydrogen-bond donors (Lipinski definition) is 0. The lowest BCUT2D eigenvalue weighted by molar-refractivity contribution is -0.318. The largest absolute Gasteiger partial charge is 0.423 e. The third kappa shape index (κ3) is 4.66. The Morgan fingerprint density at radius 2 is 1.74 bits per heavy atom. The summed E-state index contributed by atoms with van der Waals surface area (Å²) in [4.78, 5) is 11.2. The average Bonchev–Trinajstić information content (AvgIpc) is 2.60. The molecular formula is C9H5ClF6O2S. The summed E-state index contributed by atoms with van der Waals surface area (Å²) >= 11 is 6.21. The van der Waals surface area contributed by atoms with Crippen LogP contribution in [0.5, 0.6) is 0 Å². The van der Waals surface area contributed by atoms with E-state index in [1.807, 2.05) is 0 Å². The monoisotopic (exact) mass is 326 g/mol. The molecule has 0 radical (unpaired) electrons. The maximum Gasteiger partial charge on any atom is 0.423 e. The standard InChI is InChI=1S/C9H5ClF6O2S/c10-6-2-1-5(19-6)4(17)3-18-7(8(11,12)13)9(14,15)16/h1-2,7H,3H2. The number of Topliss-reactive ketones (excluding diaryl/α,β-unsaturated/α-hetero) is 1. The van der Waals surface area contributed by atoms with Crippen molar-refractivity contribution in [2.24, 2.45) is 0 Å². The van der Waals surface area contributed by atoms with Crippen LogP contribution in [0.3, 0.4) is 0 Å². The van der Waals surface area contributed by atoms with Crippen LogP contribution >= 0.6 is 22.9 Å². The van der Waals surface area contributed by atoms with Gasteiger partial charge in [0.2, 0.25) is 6.10 Å². The van der Waals surface area contributed by atoms with E-state index in [0.29, 0.717) is 0 Å². The first-order chi connectivity index (χ1) is 8.51. The van der Waals surface area contributed by atoms with Gasteiger partial charge in [0.1, 0.15) is 6.61 Å². The Morgan fingerprint density at radius 1 is 1.21 bits per heavy atom. The Kier molecular flexibility index (Phi) is 4.86. The predicted molar refractivity (Wildman–Crippen MR) is 55.5 cm³/mol. The van der Waals surface area contributed by atoms with Crippen molar-refractivity contribution in [1.82, 2.24) is 0 Å². The molecule has 10 heteroatoms. The van der Waals surface area contributed by atoms with Crippen molar-refractivity contribution in [3.63, 3.8) is 0 Å². The van der Waals surface area contributed by atoms with Crippen LogP contribution < -0.4 is 0 Å². The average molecular weight is 327 g/mol. The fourth-order valence-electron chi connectivity index (χ4n) is 1.07. The Bertz CT molecular complexity index is 438. The molecule has 1 aromatic rings. The molecule has 0 atom stereocenters. The molecule has 0 aliphatic carbocycles. The zero-order valence-electron chi connectivity index (χ0n) is 8.81. The highest BCUT2D eigenvalue weighted by Crippen LogP contribution is 2.35. The predicted octanol–water partition coefficient (Wildman–Crippen LogP) is 4.09. The molecule has 1 heterocycles. The van der Waals surface area contributed by atoms with Gasteiger partial charge < -0.3 is 4.74 Å². The summed E-state index contributed by atoms with van der Waals surface area (Å²) in [6.45, 7) is -1.33. The van der Waals surface area contributed by atoms with Crippen LogP contribution in [-0.4, -0.2) is 30.8 Å². The van der Waals surface area contributed by atoms with Crippen molar-refractivity contribution in [3.05, 3.63) is 21.3 Å². The van der Waals surface area contributed by atoms with Gasteiger partial charge in [-0.2, -0.15) is 26.3 Å². The minimum absolute atomic E-state index is 0.0758. The smallest absolute Gasteiger partial charge is 0.353 e. The van der Waals surface area contributed by atoms with Gasteiger partial charge in [-0.25, -0.2) is 0 Å². The second-order valence-electron chi connectivity index (χ2n) is 3.30. The Morgan fingerprint density at radius 3 is 2.11 bits per heavy atom. The first kappa shape index (κ1) is 16.3. The molecule has 1 rings (SSSR count). The van der Waals surface area contributed by atoms with Gasteiger partial charge in [0.05, 0.1) is 9.21 Å². The number of carbonyl (C=O) groups excluding carboxylic acids is 1. The van der Waals surface area contributed by atoms with E-state index in [-0.39, 0.29) is 9.21 Å². The lowest BCUT2D eigenvalue weighted by Crippen LogP contribution is -2.45. The summed E-state index contributed by atoms with van der Waals surface area (Å²) in [6.07, 6.45) is -15.3. The number of alkyl halides is 6. The molecule has 19 heavy (non-hydrogen) atoms. The fraction of sp³-hybridized carbons (Fsp3) is 0.444. The van der Waals surface area contributed by atoms with Crippen molar-refractivity contribution >= 4 is 28.7 Å². The van der Waals surface area contributed by atoms with Crippen LogP contribution in [0.25, 0.3) is 0 Å². The molecule has 0 N–H and O–H groups in total. The second kappa shape index (κ2) is 5.68. The van der Waals surface area contributed by atoms with E-state index in [1.54, 1.807) is 0 Å². The van der Waals surface area contributed by atoms with E-state index in [2.05, 4.69) is 4.74 Å². The molecule has 0 aliphatic rings. The molecule has 0 aliphatic heterocycles. The summed E-state index contributed by atoms with van der Waals surface area (Å²) in [5.74, 6) is -1.00. The minimum Gasteiger partial charge on any atom is -0.353 e. The summed E-state index contributed by atoms with van der Waals surface area (Å²) < 4.78 is 76.4. The number of halogens is 7. The maximum atomic E-state index is 12.1. The Balaban J connectivity index is 2.70. The number of thiophene rings is 1. The maximum absolute atomic E-state index is 12.1. The topological polar surface area (TPSA) is 26.3 Å². The van der Waals surface area contributed by atoms with Crippen molar-refractivity contribution in [3.8, 4) is 0 Å². The molecule has 0 unspecified atom stereocenters. The normalized spacial score (nSPS) is 13.1. The van der Waals surface area contributed by atoms with E-state index in [0.717, 1.165) is 11.3 Å². The highest BCUT2D eigenvalue weighted by atomic mass is 35.5. The van der Waals surface area contributed by atoms with Gasteiger partial charge in [-0.05, 0) is 12.1 Å². The molecule has 108 valence electrons. The van der Waals surface area contributed by atoms with E-state index >= 15 is 0 Å². The highest BCUT2D eigenvalue weighted by Gasteiger charge is 2.58. The van der Waals surface area contributed by atoms with Crippen LogP contribution in [0.15, 0.2) is 12.1 Å². The Hall–Kier alpha value is -0.800. The molecule has 0 spiro atoms. The van der Waals surface area contributed by atoms with Crippen molar-refractivity contribution in [2.75, 3.05) is 6.61 Å². The number of ketones is 1. The van der Waals surface area contributed by atoms with Crippen LogP contribution in [0, 0.1) is 0 Å². The third-order valence-electron chi connectivity index (χ3n) is 1.82. The first-order valence-electron chi connectivity index (χ1n) is 4.55. The first-order valence-corrected chi connectivity index (χ1v) is 5.75. The number of rotatable bonds is 4. The number of hydrogen-bond acceptors (Lipinski definition) is 3. The van der Waals surface area contributed by atoms with Crippen LogP contribution in [0.2, 0.25) is 4.34 Å². The minimum atomic E-state index is -5.63. The lowest BCUT2D eigenvalue weighted by Gasteiger charge is -2.22. The quantitative estimate of drug-likeness (QED) is 0.615. The van der Waals surface area contributed by atoms with Crippen LogP contribution in [0.1, 0.15) is 9.67 Å². The van der Waals surface area contributed by atoms with Crippen molar-refractivity contribution in [2.45, 2.75) is 18.5 Å². The van der Waals surface area contributed by atoms with Gasteiger partial charge in [-0.3, -0.25) is 4.79 Å². The van der Waals surface area contributed by atoms with Gasteiger partial charge in [-0.1, -0.05) is 11.6 Å². The van der Waals surface area contributed by atoms with E-state index < -0.39 is 30.8 Å². The molecule has 0 fully saturated rings. The van der Waals surface area contributed by atoms with E-state index in [9.17, 15) is 31.1 Å². The fourth-order valence-corrected chi connectivity index (χ4v) is 2.04. The van der Waals surface area contributed by atoms with E-state index in [4.69, 9.17) is 11.6 Å². The van der Waals surface area contributed by atoms with Gasteiger partial charge in [0.15, 0.2) is 5.78 Å². The van der Waals surface area contributed by atoms with Crippen molar-refractivity contribution in [1.29, 1.82) is 0 Å². The van der Waals surface area contributed by atoms with Crippen molar-refractivity contribution < 1.29 is 35.9 Å². The molecule has 0 aromatic carbocycles. The van der Waals surface area contributed by atoms with Crippen LogP contribution in [-0.2, 0) is 4.74 Å². The zero-order chi connectivity index (χ0) is 14.8. The summed E-state index contributed by atoms with van der Waals surface area (Å²) in [7, 11) is 0. The van der Waals surface area contributed by atoms with Gasteiger partial charge in [0, 0.05) is 0 Å². The molecule has 0 bridgehead atoms. The molecular weight excluding hydrogens is 322 g/mol. The van der Waals surface area contributed by atoms with Gasteiger partial charge in [-0.15, -0.1) is 11.3 Å². The molecule has 0 saturated heterocycles. The Labute approximate surface area is 111 Å². The SMILES string of the molecule is O=C(COC(C(F)(F)F)C(F)(F)F)c1ccc(Cl)s1. The number of carbonyl (C=O) groups is 1. The molecule has 1 aromatic heterocycles. The molecule has 0 amide bonds. The summed E-state index contributed by atoms with van der Waals surface area (Å²) in [5, 5.41) is 0. The summed E-state index contributed by atoms with van der Waals surface area (Å²) in [5.41, 5.74) is 0. The molecule has 0 saturated carbocycles. The molecule has 2 nitrogen and oxygen atoms in total. The zero-order valence-corrected chi connectivity index (χ0v) is 10.4. The van der Waals surface area contributed by atoms with Gasteiger partial charge >= 0.3 is 12.4 Å². The van der Waals surface area contributed by atoms with Gasteiger partial charge in [0.25, 0.3) is 0 Å².